The van der Waals surface area contributed by atoms with E-state index in [-0.39, 0.29) is 18.3 Å². The molecule has 0 fully saturated rings. The van der Waals surface area contributed by atoms with E-state index in [2.05, 4.69) is 0 Å². The third-order valence-electron chi connectivity index (χ3n) is 4.00. The number of rotatable bonds is 4. The molecule has 1 aliphatic heterocycles. The van der Waals surface area contributed by atoms with Gasteiger partial charge in [-0.05, 0) is 24.3 Å². The summed E-state index contributed by atoms with van der Waals surface area (Å²) < 4.78 is 10.2. The number of hydrogen-bond acceptors (Lipinski definition) is 4. The zero-order valence-electron chi connectivity index (χ0n) is 13.0. The van der Waals surface area contributed by atoms with Crippen LogP contribution in [-0.4, -0.2) is 26.1 Å². The second kappa shape index (κ2) is 6.12. The molecule has 1 unspecified atom stereocenters. The second-order valence-electron chi connectivity index (χ2n) is 5.23. The summed E-state index contributed by atoms with van der Waals surface area (Å²) in [5, 5.41) is 0. The Kier molecular flexibility index (Phi) is 4.02. The van der Waals surface area contributed by atoms with Gasteiger partial charge in [0.1, 0.15) is 5.75 Å². The number of hydrogen-bond donors (Lipinski definition) is 0. The van der Waals surface area contributed by atoms with E-state index in [4.69, 9.17) is 9.47 Å². The Balaban J connectivity index is 2.13. The third-order valence-corrected chi connectivity index (χ3v) is 4.00. The number of methoxy groups -OCH3 is 2. The van der Waals surface area contributed by atoms with Crippen molar-refractivity contribution in [2.75, 3.05) is 19.1 Å². The van der Waals surface area contributed by atoms with Crippen LogP contribution in [0.25, 0.3) is 0 Å². The highest BCUT2D eigenvalue weighted by Gasteiger charge is 2.41. The fourth-order valence-corrected chi connectivity index (χ4v) is 2.97. The highest BCUT2D eigenvalue weighted by Crippen LogP contribution is 2.43. The number of carbonyl (C=O) groups is 2. The van der Waals surface area contributed by atoms with E-state index in [1.807, 2.05) is 30.3 Å². The molecule has 1 atom stereocenters. The van der Waals surface area contributed by atoms with Gasteiger partial charge in [-0.1, -0.05) is 24.3 Å². The van der Waals surface area contributed by atoms with Crippen LogP contribution in [0.15, 0.2) is 48.5 Å². The van der Waals surface area contributed by atoms with Crippen molar-refractivity contribution in [3.05, 3.63) is 59.7 Å². The predicted octanol–water partition coefficient (Wildman–Crippen LogP) is 2.96. The van der Waals surface area contributed by atoms with Gasteiger partial charge < -0.3 is 14.4 Å². The average molecular weight is 311 g/mol. The minimum Gasteiger partial charge on any atom is -0.496 e. The van der Waals surface area contributed by atoms with Crippen LogP contribution >= 0.6 is 0 Å². The SMILES string of the molecule is COC(=O)CC1c2c(OC)cccc2C(=O)N1c1ccccc1. The molecule has 2 aromatic rings. The standard InChI is InChI=1S/C18H17NO4/c1-22-15-10-6-9-13-17(15)14(11-16(20)23-2)19(18(13)21)12-7-4-3-5-8-12/h3-10,14H,11H2,1-2H3. The number of carbonyl (C=O) groups excluding carboxylic acids is 2. The van der Waals surface area contributed by atoms with Crippen LogP contribution in [-0.2, 0) is 9.53 Å². The van der Waals surface area contributed by atoms with Crippen molar-refractivity contribution < 1.29 is 19.1 Å². The van der Waals surface area contributed by atoms with Crippen LogP contribution in [0.4, 0.5) is 5.69 Å². The largest absolute Gasteiger partial charge is 0.496 e. The molecule has 0 radical (unpaired) electrons. The van der Waals surface area contributed by atoms with Crippen molar-refractivity contribution >= 4 is 17.6 Å². The Bertz CT molecular complexity index is 742. The number of anilines is 1. The van der Waals surface area contributed by atoms with Gasteiger partial charge in [0.25, 0.3) is 5.91 Å². The lowest BCUT2D eigenvalue weighted by Crippen LogP contribution is -2.29. The Morgan fingerprint density at radius 1 is 1.09 bits per heavy atom. The molecule has 5 nitrogen and oxygen atoms in total. The summed E-state index contributed by atoms with van der Waals surface area (Å²) in [7, 11) is 2.90. The smallest absolute Gasteiger partial charge is 0.307 e. The maximum atomic E-state index is 12.9. The molecule has 0 aromatic heterocycles. The van der Waals surface area contributed by atoms with E-state index in [0.717, 1.165) is 11.3 Å². The van der Waals surface area contributed by atoms with Crippen LogP contribution in [0.5, 0.6) is 5.75 Å². The minimum absolute atomic E-state index is 0.0739. The molecule has 23 heavy (non-hydrogen) atoms. The van der Waals surface area contributed by atoms with E-state index in [0.29, 0.717) is 11.3 Å². The van der Waals surface area contributed by atoms with Gasteiger partial charge in [0.15, 0.2) is 0 Å². The first-order valence-electron chi connectivity index (χ1n) is 7.29. The summed E-state index contributed by atoms with van der Waals surface area (Å²) in [5.74, 6) is 0.0877. The van der Waals surface area contributed by atoms with Gasteiger partial charge in [0.2, 0.25) is 0 Å². The number of ether oxygens (including phenoxy) is 2. The lowest BCUT2D eigenvalue weighted by atomic mass is 10.0. The molecule has 0 saturated heterocycles. The van der Waals surface area contributed by atoms with Crippen molar-refractivity contribution in [3.63, 3.8) is 0 Å². The molecule has 0 spiro atoms. The molecule has 0 saturated carbocycles. The molecule has 1 heterocycles. The predicted molar refractivity (Wildman–Crippen MR) is 85.6 cm³/mol. The number of esters is 1. The average Bonchev–Trinajstić information content (AvgIpc) is 2.88. The van der Waals surface area contributed by atoms with Crippen molar-refractivity contribution in [2.24, 2.45) is 0 Å². The Morgan fingerprint density at radius 3 is 2.48 bits per heavy atom. The topological polar surface area (TPSA) is 55.8 Å². The fourth-order valence-electron chi connectivity index (χ4n) is 2.97. The van der Waals surface area contributed by atoms with E-state index in [9.17, 15) is 9.59 Å². The molecule has 0 N–H and O–H groups in total. The van der Waals surface area contributed by atoms with E-state index in [1.165, 1.54) is 7.11 Å². The molecular formula is C18H17NO4. The van der Waals surface area contributed by atoms with Crippen molar-refractivity contribution in [2.45, 2.75) is 12.5 Å². The van der Waals surface area contributed by atoms with Crippen molar-refractivity contribution in [1.82, 2.24) is 0 Å². The maximum Gasteiger partial charge on any atom is 0.307 e. The molecule has 3 rings (SSSR count). The second-order valence-corrected chi connectivity index (χ2v) is 5.23. The van der Waals surface area contributed by atoms with Crippen LogP contribution in [0.2, 0.25) is 0 Å². The third kappa shape index (κ3) is 2.54. The zero-order valence-corrected chi connectivity index (χ0v) is 13.0. The number of amides is 1. The summed E-state index contributed by atoms with van der Waals surface area (Å²) in [4.78, 5) is 26.4. The van der Waals surface area contributed by atoms with Gasteiger partial charge in [-0.3, -0.25) is 9.59 Å². The van der Waals surface area contributed by atoms with Gasteiger partial charge >= 0.3 is 5.97 Å². The quantitative estimate of drug-likeness (QED) is 0.815. The first-order chi connectivity index (χ1) is 11.2. The van der Waals surface area contributed by atoms with E-state index >= 15 is 0 Å². The van der Waals surface area contributed by atoms with E-state index < -0.39 is 6.04 Å². The first-order valence-corrected chi connectivity index (χ1v) is 7.29. The highest BCUT2D eigenvalue weighted by molar-refractivity contribution is 6.12. The van der Waals surface area contributed by atoms with Crippen LogP contribution in [0.1, 0.15) is 28.4 Å². The van der Waals surface area contributed by atoms with Crippen LogP contribution in [0, 0.1) is 0 Å². The van der Waals surface area contributed by atoms with Gasteiger partial charge in [-0.2, -0.15) is 0 Å². The zero-order chi connectivity index (χ0) is 16.4. The Hall–Kier alpha value is -2.82. The summed E-state index contributed by atoms with van der Waals surface area (Å²) in [6.45, 7) is 0. The number of fused-ring (bicyclic) bond motifs is 1. The molecule has 1 aliphatic rings. The molecule has 5 heteroatoms. The monoisotopic (exact) mass is 311 g/mol. The summed E-state index contributed by atoms with van der Waals surface area (Å²) in [6, 6.07) is 14.2. The summed E-state index contributed by atoms with van der Waals surface area (Å²) >= 11 is 0. The molecule has 1 amide bonds. The molecule has 118 valence electrons. The first kappa shape index (κ1) is 15.1. The van der Waals surface area contributed by atoms with Crippen molar-refractivity contribution in [1.29, 1.82) is 0 Å². The van der Waals surface area contributed by atoms with Gasteiger partial charge in [-0.25, -0.2) is 0 Å². The van der Waals surface area contributed by atoms with E-state index in [1.54, 1.807) is 30.2 Å². The number of nitrogens with zero attached hydrogens (tertiary/aromatic N) is 1. The molecule has 2 aromatic carbocycles. The lowest BCUT2D eigenvalue weighted by molar-refractivity contribution is -0.141. The van der Waals surface area contributed by atoms with Gasteiger partial charge in [0.05, 0.1) is 26.7 Å². The lowest BCUT2D eigenvalue weighted by Gasteiger charge is -2.25. The minimum atomic E-state index is -0.441. The molecule has 0 aliphatic carbocycles. The Morgan fingerprint density at radius 2 is 1.83 bits per heavy atom. The van der Waals surface area contributed by atoms with Crippen molar-refractivity contribution in [3.8, 4) is 5.75 Å². The fraction of sp³-hybridized carbons (Fsp3) is 0.222. The Labute approximate surface area is 134 Å². The van der Waals surface area contributed by atoms with Gasteiger partial charge in [0, 0.05) is 16.8 Å². The maximum absolute atomic E-state index is 12.9. The highest BCUT2D eigenvalue weighted by atomic mass is 16.5. The molecular weight excluding hydrogens is 294 g/mol. The summed E-state index contributed by atoms with van der Waals surface area (Å²) in [5.41, 5.74) is 2.03. The normalized spacial score (nSPS) is 16.2. The molecule has 0 bridgehead atoms. The van der Waals surface area contributed by atoms with Gasteiger partial charge in [-0.15, -0.1) is 0 Å². The number of para-hydroxylation sites is 1. The summed E-state index contributed by atoms with van der Waals surface area (Å²) in [6.07, 6.45) is 0.0739. The van der Waals surface area contributed by atoms with Crippen LogP contribution in [0.3, 0.4) is 0 Å². The van der Waals surface area contributed by atoms with Crippen LogP contribution < -0.4 is 9.64 Å². The number of benzene rings is 2.